The van der Waals surface area contributed by atoms with Gasteiger partial charge in [0.05, 0.1) is 0 Å². The second kappa shape index (κ2) is 6.09. The van der Waals surface area contributed by atoms with Gasteiger partial charge in [0.1, 0.15) is 5.75 Å². The Bertz CT molecular complexity index is 723. The van der Waals surface area contributed by atoms with Gasteiger partial charge in [-0.25, -0.2) is 9.89 Å². The number of H-pyrrole nitrogens is 1. The molecule has 6 heteroatoms. The first-order valence-corrected chi connectivity index (χ1v) is 6.41. The number of carbonyl (C=O) groups is 1. The first-order chi connectivity index (χ1) is 9.97. The summed E-state index contributed by atoms with van der Waals surface area (Å²) >= 11 is 0. The number of nitrogens with zero attached hydrogens (tertiary/aromatic N) is 2. The second-order valence-corrected chi connectivity index (χ2v) is 4.80. The Morgan fingerprint density at radius 3 is 2.86 bits per heavy atom. The standard InChI is InChI=1S/C15H15N3O3/c1-9(2)4-6-11-8-12(7-5-10(11)3)21-14-13(15(19)20)16-18-17-14/h5,7-9H,1-3H3,(H,19,20)(H,16,17,18). The van der Waals surface area contributed by atoms with Crippen LogP contribution in [0.4, 0.5) is 0 Å². The van der Waals surface area contributed by atoms with E-state index in [-0.39, 0.29) is 17.5 Å². The van der Waals surface area contributed by atoms with E-state index in [4.69, 9.17) is 9.84 Å². The van der Waals surface area contributed by atoms with Crippen molar-refractivity contribution in [2.75, 3.05) is 0 Å². The summed E-state index contributed by atoms with van der Waals surface area (Å²) in [6.45, 7) is 5.97. The zero-order chi connectivity index (χ0) is 15.4. The van der Waals surface area contributed by atoms with E-state index < -0.39 is 5.97 Å². The number of ether oxygens (including phenoxy) is 1. The number of aryl methyl sites for hydroxylation is 1. The highest BCUT2D eigenvalue weighted by Crippen LogP contribution is 2.23. The summed E-state index contributed by atoms with van der Waals surface area (Å²) in [6, 6.07) is 5.35. The smallest absolute Gasteiger partial charge is 0.359 e. The molecule has 0 radical (unpaired) electrons. The van der Waals surface area contributed by atoms with Crippen LogP contribution in [0.25, 0.3) is 0 Å². The van der Waals surface area contributed by atoms with Crippen LogP contribution in [0.1, 0.15) is 35.5 Å². The number of aromatic amines is 1. The van der Waals surface area contributed by atoms with Crippen LogP contribution in [0.5, 0.6) is 11.6 Å². The van der Waals surface area contributed by atoms with Crippen LogP contribution in [-0.2, 0) is 0 Å². The van der Waals surface area contributed by atoms with Crippen molar-refractivity contribution in [3.05, 3.63) is 35.0 Å². The molecular formula is C15H15N3O3. The summed E-state index contributed by atoms with van der Waals surface area (Å²) in [5.74, 6) is 5.64. The number of hydrogen-bond acceptors (Lipinski definition) is 4. The predicted octanol–water partition coefficient (Wildman–Crippen LogP) is 2.61. The van der Waals surface area contributed by atoms with Crippen molar-refractivity contribution in [2.45, 2.75) is 20.8 Å². The Morgan fingerprint density at radius 2 is 2.19 bits per heavy atom. The van der Waals surface area contributed by atoms with Gasteiger partial charge < -0.3 is 9.84 Å². The summed E-state index contributed by atoms with van der Waals surface area (Å²) in [4.78, 5) is 11.0. The molecular weight excluding hydrogens is 270 g/mol. The summed E-state index contributed by atoms with van der Waals surface area (Å²) in [6.07, 6.45) is 0. The third-order valence-electron chi connectivity index (χ3n) is 2.65. The van der Waals surface area contributed by atoms with Crippen molar-refractivity contribution in [1.82, 2.24) is 15.4 Å². The molecule has 0 atom stereocenters. The number of carboxylic acids is 1. The Balaban J connectivity index is 2.30. The quantitative estimate of drug-likeness (QED) is 0.846. The van der Waals surface area contributed by atoms with Gasteiger partial charge >= 0.3 is 5.97 Å². The molecule has 0 spiro atoms. The molecule has 0 saturated heterocycles. The lowest BCUT2D eigenvalue weighted by Gasteiger charge is -2.05. The van der Waals surface area contributed by atoms with E-state index in [1.807, 2.05) is 26.8 Å². The largest absolute Gasteiger partial charge is 0.476 e. The van der Waals surface area contributed by atoms with Crippen LogP contribution < -0.4 is 4.74 Å². The van der Waals surface area contributed by atoms with E-state index >= 15 is 0 Å². The van der Waals surface area contributed by atoms with Gasteiger partial charge in [-0.15, -0.1) is 0 Å². The van der Waals surface area contributed by atoms with E-state index in [0.717, 1.165) is 11.1 Å². The highest BCUT2D eigenvalue weighted by atomic mass is 16.5. The van der Waals surface area contributed by atoms with Gasteiger partial charge in [-0.1, -0.05) is 42.1 Å². The Kier molecular flexibility index (Phi) is 4.24. The minimum Gasteiger partial charge on any atom is -0.476 e. The number of nitrogens with one attached hydrogen (secondary N) is 1. The van der Waals surface area contributed by atoms with E-state index in [9.17, 15) is 4.79 Å². The highest BCUT2D eigenvalue weighted by Gasteiger charge is 2.16. The first kappa shape index (κ1) is 14.6. The molecule has 0 aliphatic rings. The van der Waals surface area contributed by atoms with Gasteiger partial charge in [0.25, 0.3) is 5.88 Å². The molecule has 2 N–H and O–H groups in total. The minimum absolute atomic E-state index is 0.0749. The Morgan fingerprint density at radius 1 is 1.43 bits per heavy atom. The lowest BCUT2D eigenvalue weighted by Crippen LogP contribution is -2.00. The number of benzene rings is 1. The van der Waals surface area contributed by atoms with Crippen molar-refractivity contribution < 1.29 is 14.6 Å². The molecule has 0 aliphatic carbocycles. The molecule has 0 fully saturated rings. The zero-order valence-corrected chi connectivity index (χ0v) is 12.0. The third kappa shape index (κ3) is 3.60. The van der Waals surface area contributed by atoms with Gasteiger partial charge in [0, 0.05) is 11.5 Å². The van der Waals surface area contributed by atoms with Gasteiger partial charge in [-0.05, 0) is 24.6 Å². The monoisotopic (exact) mass is 285 g/mol. The molecule has 0 amide bonds. The van der Waals surface area contributed by atoms with E-state index in [1.54, 1.807) is 12.1 Å². The maximum Gasteiger partial charge on any atom is 0.359 e. The van der Waals surface area contributed by atoms with Gasteiger partial charge in [0.15, 0.2) is 0 Å². The minimum atomic E-state index is -1.18. The number of aromatic carboxylic acids is 1. The van der Waals surface area contributed by atoms with Crippen LogP contribution in [0.2, 0.25) is 0 Å². The molecule has 2 aromatic rings. The van der Waals surface area contributed by atoms with Crippen molar-refractivity contribution in [2.24, 2.45) is 5.92 Å². The predicted molar refractivity (Wildman–Crippen MR) is 76.3 cm³/mol. The van der Waals surface area contributed by atoms with E-state index in [2.05, 4.69) is 27.3 Å². The number of hydrogen-bond donors (Lipinski definition) is 2. The number of carboxylic acid groups (broad SMARTS) is 1. The average molecular weight is 285 g/mol. The molecule has 1 aromatic carbocycles. The molecule has 1 aromatic heterocycles. The maximum absolute atomic E-state index is 11.0. The SMILES string of the molecule is Cc1ccc(Oc2nn[nH]c2C(=O)O)cc1C#CC(C)C. The fourth-order valence-corrected chi connectivity index (χ4v) is 1.56. The summed E-state index contributed by atoms with van der Waals surface area (Å²) in [5.41, 5.74) is 1.67. The van der Waals surface area contributed by atoms with Crippen molar-refractivity contribution in [3.63, 3.8) is 0 Å². The lowest BCUT2D eigenvalue weighted by atomic mass is 10.1. The van der Waals surface area contributed by atoms with Gasteiger partial charge in [-0.3, -0.25) is 0 Å². The summed E-state index contributed by atoms with van der Waals surface area (Å²) < 4.78 is 5.46. The molecule has 1 heterocycles. The average Bonchev–Trinajstić information content (AvgIpc) is 2.87. The molecule has 2 rings (SSSR count). The van der Waals surface area contributed by atoms with Crippen LogP contribution in [0, 0.1) is 24.7 Å². The third-order valence-corrected chi connectivity index (χ3v) is 2.65. The van der Waals surface area contributed by atoms with Crippen LogP contribution in [0.3, 0.4) is 0 Å². The molecule has 6 nitrogen and oxygen atoms in total. The van der Waals surface area contributed by atoms with Crippen molar-refractivity contribution >= 4 is 5.97 Å². The lowest BCUT2D eigenvalue weighted by molar-refractivity contribution is 0.0687. The molecule has 0 aliphatic heterocycles. The molecule has 108 valence electrons. The van der Waals surface area contributed by atoms with Crippen LogP contribution >= 0.6 is 0 Å². The zero-order valence-electron chi connectivity index (χ0n) is 12.0. The fourth-order valence-electron chi connectivity index (χ4n) is 1.56. The second-order valence-electron chi connectivity index (χ2n) is 4.80. The fraction of sp³-hybridized carbons (Fsp3) is 0.267. The highest BCUT2D eigenvalue weighted by molar-refractivity contribution is 5.87. The Labute approximate surface area is 122 Å². The molecule has 0 unspecified atom stereocenters. The molecule has 0 bridgehead atoms. The topological polar surface area (TPSA) is 88.1 Å². The van der Waals surface area contributed by atoms with Gasteiger partial charge in [0.2, 0.25) is 5.69 Å². The van der Waals surface area contributed by atoms with Crippen molar-refractivity contribution in [1.29, 1.82) is 0 Å². The molecule has 21 heavy (non-hydrogen) atoms. The first-order valence-electron chi connectivity index (χ1n) is 6.41. The summed E-state index contributed by atoms with van der Waals surface area (Å²) in [5, 5.41) is 18.3. The van der Waals surface area contributed by atoms with Gasteiger partial charge in [-0.2, -0.15) is 0 Å². The van der Waals surface area contributed by atoms with Crippen molar-refractivity contribution in [3.8, 4) is 23.5 Å². The molecule has 0 saturated carbocycles. The Hall–Kier alpha value is -2.81. The number of aromatic nitrogens is 3. The maximum atomic E-state index is 11.0. The van der Waals surface area contributed by atoms with Crippen LogP contribution in [0.15, 0.2) is 18.2 Å². The normalized spacial score (nSPS) is 10.1. The van der Waals surface area contributed by atoms with E-state index in [1.165, 1.54) is 0 Å². The summed E-state index contributed by atoms with van der Waals surface area (Å²) in [7, 11) is 0. The number of rotatable bonds is 3. The van der Waals surface area contributed by atoms with E-state index in [0.29, 0.717) is 5.75 Å². The van der Waals surface area contributed by atoms with Crippen LogP contribution in [-0.4, -0.2) is 26.5 Å².